The molecule has 1 atom stereocenters. The average Bonchev–Trinajstić information content (AvgIpc) is 2.39. The van der Waals surface area contributed by atoms with Crippen molar-refractivity contribution in [3.8, 4) is 0 Å². The van der Waals surface area contributed by atoms with Gasteiger partial charge in [0.2, 0.25) is 0 Å². The van der Waals surface area contributed by atoms with Gasteiger partial charge in [0.1, 0.15) is 5.82 Å². The highest BCUT2D eigenvalue weighted by molar-refractivity contribution is 6.30. The number of likely N-dealkylation sites (N-methyl/N-ethyl adjacent to an activating group) is 1. The molecule has 1 unspecified atom stereocenters. The molecule has 0 heterocycles. The summed E-state index contributed by atoms with van der Waals surface area (Å²) in [6, 6.07) is 5.35. The summed E-state index contributed by atoms with van der Waals surface area (Å²) in [4.78, 5) is 0. The Bertz CT molecular complexity index is 448. The Labute approximate surface area is 126 Å². The highest BCUT2D eigenvalue weighted by Crippen LogP contribution is 2.39. The number of hydrogen-bond donors (Lipinski definition) is 1. The van der Waals surface area contributed by atoms with Crippen LogP contribution in [0.25, 0.3) is 0 Å². The second-order valence-corrected chi connectivity index (χ2v) is 7.27. The van der Waals surface area contributed by atoms with Gasteiger partial charge in [-0.25, -0.2) is 4.39 Å². The molecular weight excluding hydrogens is 273 g/mol. The molecule has 1 aliphatic rings. The summed E-state index contributed by atoms with van der Waals surface area (Å²) in [5, 5.41) is 3.85. The summed E-state index contributed by atoms with van der Waals surface area (Å²) in [5.74, 6) is 0.456. The van der Waals surface area contributed by atoms with Crippen LogP contribution in [-0.2, 0) is 6.42 Å². The smallest absolute Gasteiger partial charge is 0.127 e. The molecule has 1 aromatic carbocycles. The molecule has 0 radical (unpaired) electrons. The SMILES string of the molecule is CNC(Cc1ccc(Cl)cc1F)C1CCC(C)(C)CC1. The predicted molar refractivity (Wildman–Crippen MR) is 83.7 cm³/mol. The van der Waals surface area contributed by atoms with Crippen LogP contribution >= 0.6 is 11.6 Å². The lowest BCUT2D eigenvalue weighted by Crippen LogP contribution is -2.39. The molecule has 112 valence electrons. The molecule has 2 rings (SSSR count). The number of benzene rings is 1. The maximum absolute atomic E-state index is 13.9. The van der Waals surface area contributed by atoms with Gasteiger partial charge in [-0.1, -0.05) is 31.5 Å². The first-order valence-corrected chi connectivity index (χ1v) is 7.90. The third-order valence-electron chi connectivity index (χ3n) is 4.78. The Morgan fingerprint density at radius 2 is 2.00 bits per heavy atom. The summed E-state index contributed by atoms with van der Waals surface area (Å²) in [6.45, 7) is 4.69. The van der Waals surface area contributed by atoms with Crippen molar-refractivity contribution in [2.45, 2.75) is 52.0 Å². The molecule has 0 spiro atoms. The van der Waals surface area contributed by atoms with E-state index in [-0.39, 0.29) is 5.82 Å². The van der Waals surface area contributed by atoms with Crippen LogP contribution in [0.2, 0.25) is 5.02 Å². The second-order valence-electron chi connectivity index (χ2n) is 6.84. The Morgan fingerprint density at radius 3 is 2.55 bits per heavy atom. The minimum absolute atomic E-state index is 0.186. The predicted octanol–water partition coefficient (Wildman–Crippen LogP) is 4.83. The minimum Gasteiger partial charge on any atom is -0.316 e. The molecule has 1 saturated carbocycles. The van der Waals surface area contributed by atoms with Crippen LogP contribution in [0, 0.1) is 17.2 Å². The van der Waals surface area contributed by atoms with Crippen LogP contribution in [0.5, 0.6) is 0 Å². The van der Waals surface area contributed by atoms with E-state index in [1.54, 1.807) is 6.07 Å². The Balaban J connectivity index is 2.02. The molecule has 1 aromatic rings. The number of rotatable bonds is 4. The molecule has 1 fully saturated rings. The third kappa shape index (κ3) is 3.95. The van der Waals surface area contributed by atoms with Gasteiger partial charge in [-0.3, -0.25) is 0 Å². The summed E-state index contributed by atoms with van der Waals surface area (Å²) in [6.07, 6.45) is 5.73. The van der Waals surface area contributed by atoms with E-state index in [0.717, 1.165) is 12.0 Å². The van der Waals surface area contributed by atoms with E-state index in [1.807, 2.05) is 13.1 Å². The normalized spacial score (nSPS) is 20.9. The number of hydrogen-bond acceptors (Lipinski definition) is 1. The van der Waals surface area contributed by atoms with E-state index in [0.29, 0.717) is 22.4 Å². The van der Waals surface area contributed by atoms with Crippen LogP contribution in [0.4, 0.5) is 4.39 Å². The van der Waals surface area contributed by atoms with Gasteiger partial charge in [-0.15, -0.1) is 0 Å². The molecule has 0 aromatic heterocycles. The maximum atomic E-state index is 13.9. The fourth-order valence-corrected chi connectivity index (χ4v) is 3.41. The fourth-order valence-electron chi connectivity index (χ4n) is 3.25. The zero-order valence-corrected chi connectivity index (χ0v) is 13.4. The lowest BCUT2D eigenvalue weighted by Gasteiger charge is -2.38. The largest absolute Gasteiger partial charge is 0.316 e. The van der Waals surface area contributed by atoms with Gasteiger partial charge in [0, 0.05) is 11.1 Å². The van der Waals surface area contributed by atoms with Crippen LogP contribution in [0.15, 0.2) is 18.2 Å². The van der Waals surface area contributed by atoms with Gasteiger partial charge in [-0.2, -0.15) is 0 Å². The van der Waals surface area contributed by atoms with Crippen molar-refractivity contribution >= 4 is 11.6 Å². The first-order valence-electron chi connectivity index (χ1n) is 7.52. The lowest BCUT2D eigenvalue weighted by atomic mass is 9.70. The van der Waals surface area contributed by atoms with Gasteiger partial charge >= 0.3 is 0 Å². The minimum atomic E-state index is -0.186. The van der Waals surface area contributed by atoms with Crippen molar-refractivity contribution in [3.05, 3.63) is 34.6 Å². The monoisotopic (exact) mass is 297 g/mol. The van der Waals surface area contributed by atoms with E-state index in [9.17, 15) is 4.39 Å². The van der Waals surface area contributed by atoms with E-state index in [4.69, 9.17) is 11.6 Å². The fraction of sp³-hybridized carbons (Fsp3) is 0.647. The standard InChI is InChI=1S/C17H25ClFN/c1-17(2)8-6-12(7-9-17)16(20-3)10-13-4-5-14(18)11-15(13)19/h4-5,11-12,16,20H,6-10H2,1-3H3. The second kappa shape index (κ2) is 6.44. The molecule has 0 aliphatic heterocycles. The molecule has 3 heteroatoms. The molecule has 0 saturated heterocycles. The molecule has 20 heavy (non-hydrogen) atoms. The average molecular weight is 298 g/mol. The van der Waals surface area contributed by atoms with Crippen LogP contribution in [0.1, 0.15) is 45.1 Å². The summed E-state index contributed by atoms with van der Waals surface area (Å²) < 4.78 is 13.9. The van der Waals surface area contributed by atoms with Crippen molar-refractivity contribution in [1.29, 1.82) is 0 Å². The Morgan fingerprint density at radius 1 is 1.35 bits per heavy atom. The molecule has 1 N–H and O–H groups in total. The third-order valence-corrected chi connectivity index (χ3v) is 5.01. The van der Waals surface area contributed by atoms with Crippen molar-refractivity contribution < 1.29 is 4.39 Å². The van der Waals surface area contributed by atoms with E-state index < -0.39 is 0 Å². The Kier molecular flexibility index (Phi) is 5.09. The van der Waals surface area contributed by atoms with Crippen molar-refractivity contribution in [2.24, 2.45) is 11.3 Å². The summed E-state index contributed by atoms with van der Waals surface area (Å²) in [5.41, 5.74) is 1.24. The van der Waals surface area contributed by atoms with Crippen molar-refractivity contribution in [1.82, 2.24) is 5.32 Å². The van der Waals surface area contributed by atoms with Gasteiger partial charge in [-0.05, 0) is 68.2 Å². The van der Waals surface area contributed by atoms with Gasteiger partial charge in [0.05, 0.1) is 0 Å². The summed E-state index contributed by atoms with van der Waals surface area (Å²) in [7, 11) is 1.98. The summed E-state index contributed by atoms with van der Waals surface area (Å²) >= 11 is 5.81. The first-order chi connectivity index (χ1) is 9.41. The number of nitrogens with one attached hydrogen (secondary N) is 1. The highest BCUT2D eigenvalue weighted by atomic mass is 35.5. The Hall–Kier alpha value is -0.600. The van der Waals surface area contributed by atoms with Gasteiger partial charge in [0.15, 0.2) is 0 Å². The maximum Gasteiger partial charge on any atom is 0.127 e. The van der Waals surface area contributed by atoms with Gasteiger partial charge < -0.3 is 5.32 Å². The first kappa shape index (κ1) is 15.8. The molecule has 1 nitrogen and oxygen atoms in total. The van der Waals surface area contributed by atoms with Crippen molar-refractivity contribution in [2.75, 3.05) is 7.05 Å². The molecule has 0 bridgehead atoms. The van der Waals surface area contributed by atoms with Crippen molar-refractivity contribution in [3.63, 3.8) is 0 Å². The zero-order valence-electron chi connectivity index (χ0n) is 12.7. The quantitative estimate of drug-likeness (QED) is 0.839. The number of halogens is 2. The van der Waals surface area contributed by atoms with E-state index >= 15 is 0 Å². The van der Waals surface area contributed by atoms with Crippen LogP contribution in [0.3, 0.4) is 0 Å². The topological polar surface area (TPSA) is 12.0 Å². The molecule has 0 amide bonds. The zero-order chi connectivity index (χ0) is 14.8. The van der Waals surface area contributed by atoms with Crippen LogP contribution < -0.4 is 5.32 Å². The molecule has 1 aliphatic carbocycles. The lowest BCUT2D eigenvalue weighted by molar-refractivity contribution is 0.163. The van der Waals surface area contributed by atoms with E-state index in [1.165, 1.54) is 31.7 Å². The van der Waals surface area contributed by atoms with Crippen LogP contribution in [-0.4, -0.2) is 13.1 Å². The van der Waals surface area contributed by atoms with E-state index in [2.05, 4.69) is 19.2 Å². The highest BCUT2D eigenvalue weighted by Gasteiger charge is 2.31. The van der Waals surface area contributed by atoms with Gasteiger partial charge in [0.25, 0.3) is 0 Å². The molecular formula is C17H25ClFN.